The molecule has 140 valence electrons. The average Bonchev–Trinajstić information content (AvgIpc) is 2.62. The lowest BCUT2D eigenvalue weighted by Gasteiger charge is -2.22. The summed E-state index contributed by atoms with van der Waals surface area (Å²) in [5.74, 6) is 1.22. The van der Waals surface area contributed by atoms with Crippen LogP contribution in [0.25, 0.3) is 0 Å². The fourth-order valence-corrected chi connectivity index (χ4v) is 2.99. The van der Waals surface area contributed by atoms with Crippen LogP contribution in [0.4, 0.5) is 0 Å². The molecular formula is C22H29NO3. The van der Waals surface area contributed by atoms with Crippen molar-refractivity contribution in [3.63, 3.8) is 0 Å². The van der Waals surface area contributed by atoms with E-state index in [4.69, 9.17) is 9.47 Å². The molecular weight excluding hydrogens is 326 g/mol. The maximum atomic E-state index is 12.7. The Balaban J connectivity index is 2.09. The fraction of sp³-hybridized carbons (Fsp3) is 0.409. The quantitative estimate of drug-likeness (QED) is 0.786. The van der Waals surface area contributed by atoms with Crippen LogP contribution in [0.1, 0.15) is 48.6 Å². The number of hydrogen-bond donors (Lipinski definition) is 1. The van der Waals surface area contributed by atoms with Gasteiger partial charge < -0.3 is 14.8 Å². The second kappa shape index (κ2) is 8.75. The number of ether oxygens (including phenoxy) is 2. The molecule has 1 N–H and O–H groups in total. The Kier molecular flexibility index (Phi) is 6.67. The minimum Gasteiger partial charge on any atom is -0.497 e. The van der Waals surface area contributed by atoms with E-state index in [9.17, 15) is 4.79 Å². The van der Waals surface area contributed by atoms with Gasteiger partial charge in [-0.05, 0) is 68.5 Å². The first kappa shape index (κ1) is 19.8. The standard InChI is InChI=1S/C22H29NO3/c1-7-21(26-19-10-8-9-18(13-19)25-6)22(24)23-17(5)20-12-15(3)14(2)11-16(20)4/h8-13,17,21H,7H2,1-6H3,(H,23,24)/t17-,21-/m1/s1. The molecule has 0 bridgehead atoms. The van der Waals surface area contributed by atoms with E-state index < -0.39 is 6.10 Å². The van der Waals surface area contributed by atoms with Crippen molar-refractivity contribution in [1.82, 2.24) is 5.32 Å². The van der Waals surface area contributed by atoms with Gasteiger partial charge in [0, 0.05) is 6.07 Å². The smallest absolute Gasteiger partial charge is 0.261 e. The molecule has 2 aromatic carbocycles. The zero-order chi connectivity index (χ0) is 19.3. The monoisotopic (exact) mass is 355 g/mol. The fourth-order valence-electron chi connectivity index (χ4n) is 2.99. The highest BCUT2D eigenvalue weighted by Crippen LogP contribution is 2.23. The van der Waals surface area contributed by atoms with E-state index in [0.29, 0.717) is 17.9 Å². The normalized spacial score (nSPS) is 13.0. The molecule has 0 aliphatic rings. The molecule has 2 atom stereocenters. The molecule has 2 aromatic rings. The van der Waals surface area contributed by atoms with Crippen LogP contribution >= 0.6 is 0 Å². The summed E-state index contributed by atoms with van der Waals surface area (Å²) in [4.78, 5) is 12.7. The highest BCUT2D eigenvalue weighted by molar-refractivity contribution is 5.81. The molecule has 1 amide bonds. The van der Waals surface area contributed by atoms with Crippen molar-refractivity contribution >= 4 is 5.91 Å². The second-order valence-electron chi connectivity index (χ2n) is 6.72. The maximum absolute atomic E-state index is 12.7. The van der Waals surface area contributed by atoms with E-state index in [2.05, 4.69) is 38.2 Å². The molecule has 26 heavy (non-hydrogen) atoms. The Morgan fingerprint density at radius 3 is 2.35 bits per heavy atom. The third-order valence-corrected chi connectivity index (χ3v) is 4.69. The van der Waals surface area contributed by atoms with Gasteiger partial charge in [0.2, 0.25) is 0 Å². The van der Waals surface area contributed by atoms with Gasteiger partial charge in [-0.15, -0.1) is 0 Å². The van der Waals surface area contributed by atoms with Crippen molar-refractivity contribution in [3.8, 4) is 11.5 Å². The summed E-state index contributed by atoms with van der Waals surface area (Å²) in [5.41, 5.74) is 4.81. The van der Waals surface area contributed by atoms with Crippen LogP contribution in [0.15, 0.2) is 36.4 Å². The lowest BCUT2D eigenvalue weighted by molar-refractivity contribution is -0.128. The summed E-state index contributed by atoms with van der Waals surface area (Å²) in [6.45, 7) is 10.2. The summed E-state index contributed by atoms with van der Waals surface area (Å²) in [6.07, 6.45) is 0.0400. The third-order valence-electron chi connectivity index (χ3n) is 4.69. The molecule has 0 aliphatic carbocycles. The first-order valence-electron chi connectivity index (χ1n) is 9.04. The van der Waals surface area contributed by atoms with Gasteiger partial charge in [-0.2, -0.15) is 0 Å². The number of benzene rings is 2. The summed E-state index contributed by atoms with van der Waals surface area (Å²) in [6, 6.07) is 11.5. The van der Waals surface area contributed by atoms with E-state index in [-0.39, 0.29) is 11.9 Å². The van der Waals surface area contributed by atoms with Crippen LogP contribution in [0.5, 0.6) is 11.5 Å². The molecule has 4 nitrogen and oxygen atoms in total. The maximum Gasteiger partial charge on any atom is 0.261 e. The Morgan fingerprint density at radius 1 is 1.04 bits per heavy atom. The van der Waals surface area contributed by atoms with E-state index in [0.717, 1.165) is 5.56 Å². The predicted octanol–water partition coefficient (Wildman–Crippen LogP) is 4.66. The van der Waals surface area contributed by atoms with Crippen LogP contribution in [-0.4, -0.2) is 19.1 Å². The van der Waals surface area contributed by atoms with Crippen LogP contribution in [0, 0.1) is 20.8 Å². The molecule has 4 heteroatoms. The lowest BCUT2D eigenvalue weighted by Crippen LogP contribution is -2.39. The topological polar surface area (TPSA) is 47.6 Å². The molecule has 0 saturated heterocycles. The lowest BCUT2D eigenvalue weighted by atomic mass is 9.96. The highest BCUT2D eigenvalue weighted by atomic mass is 16.5. The minimum absolute atomic E-state index is 0.0789. The summed E-state index contributed by atoms with van der Waals surface area (Å²) in [7, 11) is 1.61. The van der Waals surface area contributed by atoms with Crippen molar-refractivity contribution < 1.29 is 14.3 Å². The Labute approximate surface area is 156 Å². The number of nitrogens with one attached hydrogen (secondary N) is 1. The molecule has 0 aliphatic heterocycles. The molecule has 0 saturated carbocycles. The SMILES string of the molecule is CC[C@@H](Oc1cccc(OC)c1)C(=O)N[C@H](C)c1cc(C)c(C)cc1C. The van der Waals surface area contributed by atoms with Crippen molar-refractivity contribution in [2.24, 2.45) is 0 Å². The number of carbonyl (C=O) groups is 1. The number of hydrogen-bond acceptors (Lipinski definition) is 3. The van der Waals surface area contributed by atoms with Gasteiger partial charge in [0.15, 0.2) is 6.10 Å². The molecule has 0 heterocycles. The van der Waals surface area contributed by atoms with Crippen LogP contribution in [0.2, 0.25) is 0 Å². The van der Waals surface area contributed by atoms with Crippen LogP contribution in [-0.2, 0) is 4.79 Å². The van der Waals surface area contributed by atoms with Gasteiger partial charge in [0.25, 0.3) is 5.91 Å². The summed E-state index contributed by atoms with van der Waals surface area (Å²) >= 11 is 0. The summed E-state index contributed by atoms with van der Waals surface area (Å²) in [5, 5.41) is 3.09. The van der Waals surface area contributed by atoms with Gasteiger partial charge in [-0.3, -0.25) is 4.79 Å². The predicted molar refractivity (Wildman–Crippen MR) is 105 cm³/mol. The van der Waals surface area contributed by atoms with E-state index in [1.807, 2.05) is 32.0 Å². The highest BCUT2D eigenvalue weighted by Gasteiger charge is 2.21. The molecule has 0 fully saturated rings. The van der Waals surface area contributed by atoms with Gasteiger partial charge in [-0.1, -0.05) is 25.1 Å². The first-order valence-corrected chi connectivity index (χ1v) is 9.04. The molecule has 2 rings (SSSR count). The van der Waals surface area contributed by atoms with Crippen LogP contribution in [0.3, 0.4) is 0 Å². The average molecular weight is 355 g/mol. The number of amides is 1. The number of carbonyl (C=O) groups excluding carboxylic acids is 1. The molecule has 0 spiro atoms. The van der Waals surface area contributed by atoms with Gasteiger partial charge in [0.05, 0.1) is 13.2 Å². The Morgan fingerprint density at radius 2 is 1.69 bits per heavy atom. The summed E-state index contributed by atoms with van der Waals surface area (Å²) < 4.78 is 11.1. The van der Waals surface area contributed by atoms with Crippen molar-refractivity contribution in [1.29, 1.82) is 0 Å². The second-order valence-corrected chi connectivity index (χ2v) is 6.72. The van der Waals surface area contributed by atoms with Crippen LogP contribution < -0.4 is 14.8 Å². The molecule has 0 unspecified atom stereocenters. The largest absolute Gasteiger partial charge is 0.497 e. The minimum atomic E-state index is -0.545. The molecule has 0 radical (unpaired) electrons. The molecule has 0 aromatic heterocycles. The number of methoxy groups -OCH3 is 1. The first-order chi connectivity index (χ1) is 12.3. The zero-order valence-corrected chi connectivity index (χ0v) is 16.6. The zero-order valence-electron chi connectivity index (χ0n) is 16.6. The van der Waals surface area contributed by atoms with E-state index in [1.54, 1.807) is 13.2 Å². The van der Waals surface area contributed by atoms with Crippen molar-refractivity contribution in [3.05, 3.63) is 58.7 Å². The Bertz CT molecular complexity index is 770. The van der Waals surface area contributed by atoms with Crippen molar-refractivity contribution in [2.45, 2.75) is 53.2 Å². The van der Waals surface area contributed by atoms with Gasteiger partial charge in [-0.25, -0.2) is 0 Å². The number of rotatable bonds is 7. The van der Waals surface area contributed by atoms with E-state index >= 15 is 0 Å². The van der Waals surface area contributed by atoms with E-state index in [1.165, 1.54) is 16.7 Å². The third kappa shape index (κ3) is 4.78. The van der Waals surface area contributed by atoms with Gasteiger partial charge in [0.1, 0.15) is 11.5 Å². The number of aryl methyl sites for hydroxylation is 3. The van der Waals surface area contributed by atoms with Gasteiger partial charge >= 0.3 is 0 Å². The Hall–Kier alpha value is -2.49. The van der Waals surface area contributed by atoms with Crippen molar-refractivity contribution in [2.75, 3.05) is 7.11 Å².